The van der Waals surface area contributed by atoms with Gasteiger partial charge in [0.1, 0.15) is 13.2 Å². The molecule has 0 amide bonds. The lowest BCUT2D eigenvalue weighted by molar-refractivity contribution is 0.171. The average molecular weight is 354 g/mol. The van der Waals surface area contributed by atoms with Crippen molar-refractivity contribution in [3.8, 4) is 11.5 Å². The molecule has 0 unspecified atom stereocenters. The predicted octanol–water partition coefficient (Wildman–Crippen LogP) is 3.15. The summed E-state index contributed by atoms with van der Waals surface area (Å²) in [6, 6.07) is 11.1. The Hall–Kier alpha value is -1.76. The number of hydrogen-bond acceptors (Lipinski definition) is 4. The SMILES string of the molecule is C[C@H](NS(=O)(=O)c1cccc(Cl)c1)c1ccc2c(c1)OCCO2. The Morgan fingerprint density at radius 2 is 1.83 bits per heavy atom. The van der Waals surface area contributed by atoms with E-state index in [1.165, 1.54) is 12.1 Å². The fourth-order valence-corrected chi connectivity index (χ4v) is 3.86. The van der Waals surface area contributed by atoms with E-state index in [9.17, 15) is 8.42 Å². The summed E-state index contributed by atoms with van der Waals surface area (Å²) in [6.45, 7) is 2.77. The zero-order valence-corrected chi connectivity index (χ0v) is 14.0. The predicted molar refractivity (Wildman–Crippen MR) is 87.6 cm³/mol. The summed E-state index contributed by atoms with van der Waals surface area (Å²) in [5.74, 6) is 1.30. The third-order valence-corrected chi connectivity index (χ3v) is 5.28. The normalized spacial score (nSPS) is 15.2. The Bertz CT molecular complexity index is 823. The molecule has 0 aromatic heterocycles. The highest BCUT2D eigenvalue weighted by atomic mass is 35.5. The molecule has 1 heterocycles. The van der Waals surface area contributed by atoms with E-state index in [-0.39, 0.29) is 4.90 Å². The van der Waals surface area contributed by atoms with Gasteiger partial charge in [-0.25, -0.2) is 13.1 Å². The zero-order chi connectivity index (χ0) is 16.4. The second-order valence-electron chi connectivity index (χ2n) is 5.20. The van der Waals surface area contributed by atoms with Crippen molar-refractivity contribution in [3.05, 3.63) is 53.1 Å². The summed E-state index contributed by atoms with van der Waals surface area (Å²) in [5.41, 5.74) is 0.792. The monoisotopic (exact) mass is 353 g/mol. The first-order valence-corrected chi connectivity index (χ1v) is 8.99. The Balaban J connectivity index is 1.82. The van der Waals surface area contributed by atoms with Gasteiger partial charge in [-0.3, -0.25) is 0 Å². The molecule has 5 nitrogen and oxygen atoms in total. The first-order chi connectivity index (χ1) is 11.0. The van der Waals surface area contributed by atoms with Crippen molar-refractivity contribution in [1.82, 2.24) is 4.72 Å². The van der Waals surface area contributed by atoms with Gasteiger partial charge < -0.3 is 9.47 Å². The van der Waals surface area contributed by atoms with Crippen molar-refractivity contribution in [3.63, 3.8) is 0 Å². The number of halogens is 1. The maximum atomic E-state index is 12.4. The summed E-state index contributed by atoms with van der Waals surface area (Å²) >= 11 is 5.86. The van der Waals surface area contributed by atoms with E-state index in [1.807, 2.05) is 6.07 Å². The highest BCUT2D eigenvalue weighted by Gasteiger charge is 2.20. The lowest BCUT2D eigenvalue weighted by Gasteiger charge is -2.21. The molecule has 2 aromatic carbocycles. The third-order valence-electron chi connectivity index (χ3n) is 3.50. The van der Waals surface area contributed by atoms with E-state index in [4.69, 9.17) is 21.1 Å². The third kappa shape index (κ3) is 3.60. The lowest BCUT2D eigenvalue weighted by atomic mass is 10.1. The Morgan fingerprint density at radius 3 is 2.57 bits per heavy atom. The van der Waals surface area contributed by atoms with Crippen LogP contribution in [-0.2, 0) is 10.0 Å². The highest BCUT2D eigenvalue weighted by molar-refractivity contribution is 7.89. The first-order valence-electron chi connectivity index (χ1n) is 7.13. The van der Waals surface area contributed by atoms with Gasteiger partial charge in [-0.15, -0.1) is 0 Å². The van der Waals surface area contributed by atoms with Crippen molar-refractivity contribution in [2.75, 3.05) is 13.2 Å². The Morgan fingerprint density at radius 1 is 1.09 bits per heavy atom. The minimum absolute atomic E-state index is 0.134. The van der Waals surface area contributed by atoms with Crippen molar-refractivity contribution in [1.29, 1.82) is 0 Å². The van der Waals surface area contributed by atoms with Crippen LogP contribution in [0, 0.1) is 0 Å². The number of rotatable bonds is 4. The fraction of sp³-hybridized carbons (Fsp3) is 0.250. The highest BCUT2D eigenvalue weighted by Crippen LogP contribution is 2.33. The summed E-state index contributed by atoms with van der Waals surface area (Å²) in [7, 11) is -3.66. The Labute approximate surface area is 140 Å². The molecular formula is C16H16ClNO4S. The van der Waals surface area contributed by atoms with Crippen LogP contribution in [0.3, 0.4) is 0 Å². The van der Waals surface area contributed by atoms with Crippen LogP contribution < -0.4 is 14.2 Å². The summed E-state index contributed by atoms with van der Waals surface area (Å²) in [6.07, 6.45) is 0. The molecular weight excluding hydrogens is 338 g/mol. The lowest BCUT2D eigenvalue weighted by Crippen LogP contribution is -2.27. The van der Waals surface area contributed by atoms with E-state index < -0.39 is 16.1 Å². The molecule has 7 heteroatoms. The van der Waals surface area contributed by atoms with Crippen LogP contribution in [-0.4, -0.2) is 21.6 Å². The minimum atomic E-state index is -3.66. The molecule has 0 radical (unpaired) electrons. The number of benzene rings is 2. The van der Waals surface area contributed by atoms with Crippen molar-refractivity contribution < 1.29 is 17.9 Å². The van der Waals surface area contributed by atoms with Gasteiger partial charge >= 0.3 is 0 Å². The second kappa shape index (κ2) is 6.39. The van der Waals surface area contributed by atoms with Crippen LogP contribution in [0.4, 0.5) is 0 Å². The molecule has 1 atom stereocenters. The zero-order valence-electron chi connectivity index (χ0n) is 12.5. The fourth-order valence-electron chi connectivity index (χ4n) is 2.33. The van der Waals surface area contributed by atoms with E-state index >= 15 is 0 Å². The van der Waals surface area contributed by atoms with Gasteiger partial charge in [0, 0.05) is 11.1 Å². The van der Waals surface area contributed by atoms with Crippen LogP contribution in [0.2, 0.25) is 5.02 Å². The van der Waals surface area contributed by atoms with Gasteiger partial charge in [-0.1, -0.05) is 23.7 Å². The molecule has 2 aromatic rings. The Kier molecular flexibility index (Phi) is 4.48. The molecule has 3 rings (SSSR count). The largest absolute Gasteiger partial charge is 0.486 e. The number of sulfonamides is 1. The molecule has 1 aliphatic heterocycles. The standard InChI is InChI=1S/C16H16ClNO4S/c1-11(12-5-6-15-16(9-12)22-8-7-21-15)18-23(19,20)14-4-2-3-13(17)10-14/h2-6,9-11,18H,7-8H2,1H3/t11-/m0/s1. The topological polar surface area (TPSA) is 64.6 Å². The molecule has 0 saturated heterocycles. The molecule has 0 fully saturated rings. The van der Waals surface area contributed by atoms with Crippen molar-refractivity contribution in [2.45, 2.75) is 17.9 Å². The smallest absolute Gasteiger partial charge is 0.241 e. The van der Waals surface area contributed by atoms with Gasteiger partial charge in [0.15, 0.2) is 11.5 Å². The second-order valence-corrected chi connectivity index (χ2v) is 7.35. The molecule has 0 spiro atoms. The van der Waals surface area contributed by atoms with Crippen molar-refractivity contribution in [2.24, 2.45) is 0 Å². The van der Waals surface area contributed by atoms with Gasteiger partial charge in [0.2, 0.25) is 10.0 Å². The molecule has 0 bridgehead atoms. The van der Waals surface area contributed by atoms with E-state index in [1.54, 1.807) is 31.2 Å². The summed E-state index contributed by atoms with van der Waals surface area (Å²) in [5, 5.41) is 0.375. The molecule has 0 saturated carbocycles. The maximum Gasteiger partial charge on any atom is 0.241 e. The molecule has 1 aliphatic rings. The van der Waals surface area contributed by atoms with Gasteiger partial charge in [0.05, 0.1) is 4.90 Å². The minimum Gasteiger partial charge on any atom is -0.486 e. The summed E-state index contributed by atoms with van der Waals surface area (Å²) in [4.78, 5) is 0.134. The van der Waals surface area contributed by atoms with E-state index in [0.717, 1.165) is 5.56 Å². The number of hydrogen-bond donors (Lipinski definition) is 1. The molecule has 23 heavy (non-hydrogen) atoms. The average Bonchev–Trinajstić information content (AvgIpc) is 2.54. The van der Waals surface area contributed by atoms with Crippen LogP contribution in [0.1, 0.15) is 18.5 Å². The van der Waals surface area contributed by atoms with Crippen LogP contribution in [0.25, 0.3) is 0 Å². The van der Waals surface area contributed by atoms with E-state index in [2.05, 4.69) is 4.72 Å². The van der Waals surface area contributed by atoms with Gasteiger partial charge in [0.25, 0.3) is 0 Å². The molecule has 1 N–H and O–H groups in total. The quantitative estimate of drug-likeness (QED) is 0.917. The molecule has 122 valence electrons. The first kappa shape index (κ1) is 16.1. The van der Waals surface area contributed by atoms with Gasteiger partial charge in [-0.05, 0) is 42.8 Å². The number of ether oxygens (including phenoxy) is 2. The van der Waals surface area contributed by atoms with Crippen molar-refractivity contribution >= 4 is 21.6 Å². The maximum absolute atomic E-state index is 12.4. The number of fused-ring (bicyclic) bond motifs is 1. The van der Waals surface area contributed by atoms with E-state index in [0.29, 0.717) is 29.7 Å². The molecule has 0 aliphatic carbocycles. The number of nitrogens with one attached hydrogen (secondary N) is 1. The van der Waals surface area contributed by atoms with Crippen LogP contribution >= 0.6 is 11.6 Å². The van der Waals surface area contributed by atoms with Crippen LogP contribution in [0.15, 0.2) is 47.4 Å². The van der Waals surface area contributed by atoms with Gasteiger partial charge in [-0.2, -0.15) is 0 Å². The summed E-state index contributed by atoms with van der Waals surface area (Å²) < 4.78 is 38.5. The van der Waals surface area contributed by atoms with Crippen LogP contribution in [0.5, 0.6) is 11.5 Å².